The van der Waals surface area contributed by atoms with Crippen molar-refractivity contribution in [1.82, 2.24) is 4.31 Å². The maximum atomic E-state index is 12.8. The highest BCUT2D eigenvalue weighted by Crippen LogP contribution is 2.28. The number of aliphatic carboxylic acids is 1. The van der Waals surface area contributed by atoms with Gasteiger partial charge in [0.1, 0.15) is 12.4 Å². The van der Waals surface area contributed by atoms with Gasteiger partial charge >= 0.3 is 5.97 Å². The van der Waals surface area contributed by atoms with Crippen molar-refractivity contribution < 1.29 is 27.8 Å². The second kappa shape index (κ2) is 8.28. The van der Waals surface area contributed by atoms with E-state index < -0.39 is 22.6 Å². The summed E-state index contributed by atoms with van der Waals surface area (Å²) >= 11 is 0. The van der Waals surface area contributed by atoms with Gasteiger partial charge in [0.15, 0.2) is 0 Å². The highest BCUT2D eigenvalue weighted by atomic mass is 32.2. The number of rotatable bonds is 9. The average Bonchev–Trinajstić information content (AvgIpc) is 2.49. The summed E-state index contributed by atoms with van der Waals surface area (Å²) in [6.45, 7) is 3.24. The minimum atomic E-state index is -3.69. The number of ether oxygens (including phenoxy) is 2. The van der Waals surface area contributed by atoms with E-state index in [9.17, 15) is 13.2 Å². The van der Waals surface area contributed by atoms with Gasteiger partial charge in [0.05, 0.1) is 18.6 Å². The Balaban J connectivity index is 3.01. The van der Waals surface area contributed by atoms with E-state index in [4.69, 9.17) is 14.6 Å². The first-order valence-corrected chi connectivity index (χ1v) is 8.61. The Morgan fingerprint density at radius 3 is 2.52 bits per heavy atom. The van der Waals surface area contributed by atoms with E-state index in [1.165, 1.54) is 18.5 Å². The molecule has 1 rings (SSSR count). The molecular weight excluding hydrogens is 322 g/mol. The molecule has 1 N–H and O–H groups in total. The SMILES string of the molecule is CCc1cc(OC)cc(C)c1S(=O)(=O)N(C)CCOCC(=O)O. The second-order valence-corrected chi connectivity index (χ2v) is 7.04. The van der Waals surface area contributed by atoms with Gasteiger partial charge in [-0.05, 0) is 36.6 Å². The predicted octanol–water partition coefficient (Wildman–Crippen LogP) is 1.29. The number of benzene rings is 1. The third-order valence-corrected chi connectivity index (χ3v) is 5.49. The molecule has 0 aromatic heterocycles. The first kappa shape index (κ1) is 19.4. The summed E-state index contributed by atoms with van der Waals surface area (Å²) in [5.74, 6) is -0.472. The molecule has 130 valence electrons. The van der Waals surface area contributed by atoms with Gasteiger partial charge in [0, 0.05) is 13.6 Å². The third-order valence-electron chi connectivity index (χ3n) is 3.39. The highest BCUT2D eigenvalue weighted by molar-refractivity contribution is 7.89. The van der Waals surface area contributed by atoms with Crippen LogP contribution in [-0.4, -0.2) is 57.7 Å². The van der Waals surface area contributed by atoms with Crippen molar-refractivity contribution in [3.05, 3.63) is 23.3 Å². The monoisotopic (exact) mass is 345 g/mol. The molecule has 0 radical (unpaired) electrons. The van der Waals surface area contributed by atoms with Crippen LogP contribution in [0, 0.1) is 6.92 Å². The molecule has 0 amide bonds. The summed E-state index contributed by atoms with van der Waals surface area (Å²) < 4.78 is 36.8. The molecule has 7 nitrogen and oxygen atoms in total. The number of carboxylic acids is 1. The molecule has 0 saturated heterocycles. The van der Waals surface area contributed by atoms with Gasteiger partial charge in [0.25, 0.3) is 0 Å². The maximum absolute atomic E-state index is 12.8. The molecule has 1 aromatic rings. The van der Waals surface area contributed by atoms with E-state index in [0.717, 1.165) is 0 Å². The van der Waals surface area contributed by atoms with Gasteiger partial charge in [-0.15, -0.1) is 0 Å². The molecule has 1 aromatic carbocycles. The van der Waals surface area contributed by atoms with Gasteiger partial charge in [-0.25, -0.2) is 13.2 Å². The van der Waals surface area contributed by atoms with Crippen LogP contribution in [0.1, 0.15) is 18.1 Å². The Hall–Kier alpha value is -1.64. The van der Waals surface area contributed by atoms with Crippen LogP contribution in [0.2, 0.25) is 0 Å². The number of nitrogens with zero attached hydrogens (tertiary/aromatic N) is 1. The van der Waals surface area contributed by atoms with Crippen LogP contribution in [0.25, 0.3) is 0 Å². The average molecular weight is 345 g/mol. The van der Waals surface area contributed by atoms with Crippen LogP contribution < -0.4 is 4.74 Å². The Kier molecular flexibility index (Phi) is 6.99. The summed E-state index contributed by atoms with van der Waals surface area (Å²) in [6.07, 6.45) is 0.552. The summed E-state index contributed by atoms with van der Waals surface area (Å²) in [5, 5.41) is 8.50. The van der Waals surface area contributed by atoms with Gasteiger partial charge in [-0.3, -0.25) is 0 Å². The summed E-state index contributed by atoms with van der Waals surface area (Å²) in [4.78, 5) is 10.6. The number of carbonyl (C=O) groups is 1. The quantitative estimate of drug-likeness (QED) is 0.678. The largest absolute Gasteiger partial charge is 0.497 e. The summed E-state index contributed by atoms with van der Waals surface area (Å²) in [5.41, 5.74) is 1.29. The van der Waals surface area contributed by atoms with Crippen LogP contribution in [0.15, 0.2) is 17.0 Å². The number of sulfonamides is 1. The van der Waals surface area contributed by atoms with Crippen LogP contribution in [0.3, 0.4) is 0 Å². The van der Waals surface area contributed by atoms with Crippen molar-refractivity contribution in [3.8, 4) is 5.75 Å². The van der Waals surface area contributed by atoms with Crippen LogP contribution in [0.4, 0.5) is 0 Å². The van der Waals surface area contributed by atoms with Crippen molar-refractivity contribution in [1.29, 1.82) is 0 Å². The first-order valence-electron chi connectivity index (χ1n) is 7.17. The minimum absolute atomic E-state index is 0.0126. The molecule has 0 unspecified atom stereocenters. The first-order chi connectivity index (χ1) is 10.7. The number of likely N-dealkylation sites (N-methyl/N-ethyl adjacent to an activating group) is 1. The van der Waals surface area contributed by atoms with Crippen LogP contribution >= 0.6 is 0 Å². The Bertz CT molecular complexity index is 656. The smallest absolute Gasteiger partial charge is 0.329 e. The van der Waals surface area contributed by atoms with Crippen molar-refractivity contribution in [2.45, 2.75) is 25.2 Å². The minimum Gasteiger partial charge on any atom is -0.497 e. The fraction of sp³-hybridized carbons (Fsp3) is 0.533. The maximum Gasteiger partial charge on any atom is 0.329 e. The zero-order valence-electron chi connectivity index (χ0n) is 13.8. The predicted molar refractivity (Wildman–Crippen MR) is 85.4 cm³/mol. The Labute approximate surface area is 136 Å². The standard InChI is InChI=1S/C15H23NO6S/c1-5-12-9-13(21-4)8-11(2)15(12)23(19,20)16(3)6-7-22-10-14(17)18/h8-9H,5-7,10H2,1-4H3,(H,17,18). The molecule has 0 aliphatic heterocycles. The lowest BCUT2D eigenvalue weighted by Gasteiger charge is -2.21. The normalized spacial score (nSPS) is 11.7. The second-order valence-electron chi connectivity index (χ2n) is 5.06. The molecule has 0 fully saturated rings. The Morgan fingerprint density at radius 2 is 2.00 bits per heavy atom. The van der Waals surface area contributed by atoms with Gasteiger partial charge in [-0.2, -0.15) is 4.31 Å². The highest BCUT2D eigenvalue weighted by Gasteiger charge is 2.26. The lowest BCUT2D eigenvalue weighted by Crippen LogP contribution is -2.32. The van der Waals surface area contributed by atoms with Gasteiger partial charge in [0.2, 0.25) is 10.0 Å². The van der Waals surface area contributed by atoms with Crippen molar-refractivity contribution in [2.24, 2.45) is 0 Å². The van der Waals surface area contributed by atoms with E-state index in [-0.39, 0.29) is 18.0 Å². The van der Waals surface area contributed by atoms with Gasteiger partial charge in [-0.1, -0.05) is 6.92 Å². The molecule has 0 bridgehead atoms. The van der Waals surface area contributed by atoms with Crippen molar-refractivity contribution in [3.63, 3.8) is 0 Å². The zero-order valence-corrected chi connectivity index (χ0v) is 14.6. The summed E-state index contributed by atoms with van der Waals surface area (Å²) in [7, 11) is -0.705. The number of aryl methyl sites for hydroxylation is 2. The number of carboxylic acid groups (broad SMARTS) is 1. The van der Waals surface area contributed by atoms with E-state index in [0.29, 0.717) is 23.3 Å². The summed E-state index contributed by atoms with van der Waals surface area (Å²) in [6, 6.07) is 3.40. The fourth-order valence-corrected chi connectivity index (χ4v) is 3.82. The third kappa shape index (κ3) is 4.92. The fourth-order valence-electron chi connectivity index (χ4n) is 2.19. The lowest BCUT2D eigenvalue weighted by atomic mass is 10.1. The van der Waals surface area contributed by atoms with Crippen LogP contribution in [0.5, 0.6) is 5.75 Å². The molecule has 0 aliphatic carbocycles. The molecule has 0 heterocycles. The molecular formula is C15H23NO6S. The van der Waals surface area contributed by atoms with E-state index in [1.807, 2.05) is 6.92 Å². The molecule has 0 atom stereocenters. The van der Waals surface area contributed by atoms with Crippen LogP contribution in [-0.2, 0) is 26.0 Å². The zero-order chi connectivity index (χ0) is 17.6. The molecule has 0 aliphatic rings. The van der Waals surface area contributed by atoms with Gasteiger partial charge < -0.3 is 14.6 Å². The Morgan fingerprint density at radius 1 is 1.35 bits per heavy atom. The molecule has 0 saturated carbocycles. The van der Waals surface area contributed by atoms with E-state index >= 15 is 0 Å². The number of hydrogen-bond acceptors (Lipinski definition) is 5. The lowest BCUT2D eigenvalue weighted by molar-refractivity contribution is -0.142. The number of hydrogen-bond donors (Lipinski definition) is 1. The molecule has 8 heteroatoms. The molecule has 23 heavy (non-hydrogen) atoms. The van der Waals surface area contributed by atoms with Crippen molar-refractivity contribution >= 4 is 16.0 Å². The topological polar surface area (TPSA) is 93.1 Å². The van der Waals surface area contributed by atoms with Crippen molar-refractivity contribution in [2.75, 3.05) is 33.9 Å². The van der Waals surface area contributed by atoms with E-state index in [1.54, 1.807) is 19.1 Å². The molecule has 0 spiro atoms. The number of methoxy groups -OCH3 is 1. The van der Waals surface area contributed by atoms with E-state index in [2.05, 4.69) is 0 Å².